The third-order valence-corrected chi connectivity index (χ3v) is 7.05. The Labute approximate surface area is 190 Å². The van der Waals surface area contributed by atoms with Crippen LogP contribution in [-0.2, 0) is 35.5 Å². The third-order valence-electron chi connectivity index (χ3n) is 5.86. The van der Waals surface area contributed by atoms with Crippen molar-refractivity contribution in [3.63, 3.8) is 0 Å². The molecular weight excluding hydrogens is 422 g/mol. The van der Waals surface area contributed by atoms with E-state index >= 15 is 0 Å². The number of benzene rings is 2. The van der Waals surface area contributed by atoms with Gasteiger partial charge in [0.05, 0.1) is 35.8 Å². The lowest BCUT2D eigenvalue weighted by Gasteiger charge is -2.13. The van der Waals surface area contributed by atoms with Crippen molar-refractivity contribution in [2.24, 2.45) is 0 Å². The third kappa shape index (κ3) is 4.00. The van der Waals surface area contributed by atoms with E-state index in [1.807, 2.05) is 43.3 Å². The van der Waals surface area contributed by atoms with Crippen LogP contribution in [-0.4, -0.2) is 27.6 Å². The molecule has 4 aromatic rings. The summed E-state index contributed by atoms with van der Waals surface area (Å²) in [6.07, 6.45) is 3.64. The summed E-state index contributed by atoms with van der Waals surface area (Å²) in [6.45, 7) is 3.20. The van der Waals surface area contributed by atoms with Gasteiger partial charge in [-0.05, 0) is 49.6 Å². The number of hydrogen-bond acceptors (Lipinski definition) is 6. The standard InChI is InChI=1S/C25H25N3O3S/c1-16-22(32-25(26-16)18-7-3-4-8-21(18)30-2)14-24(29)31-15-17-10-11-20-19(13-17)27-23-9-5-6-12-28(20)23/h3-4,7-8,10-11,13H,5-6,9,12,14-15H2,1-2H3. The zero-order valence-corrected chi connectivity index (χ0v) is 19.1. The molecule has 164 valence electrons. The molecule has 0 fully saturated rings. The number of hydrogen-bond donors (Lipinski definition) is 0. The van der Waals surface area contributed by atoms with Crippen molar-refractivity contribution >= 4 is 28.3 Å². The number of esters is 1. The summed E-state index contributed by atoms with van der Waals surface area (Å²) in [5, 5.41) is 0.844. The van der Waals surface area contributed by atoms with Crippen molar-refractivity contribution in [2.75, 3.05) is 7.11 Å². The molecule has 32 heavy (non-hydrogen) atoms. The van der Waals surface area contributed by atoms with Crippen LogP contribution < -0.4 is 4.74 Å². The molecule has 1 aliphatic heterocycles. The van der Waals surface area contributed by atoms with Crippen LogP contribution in [0.1, 0.15) is 34.8 Å². The molecule has 0 saturated heterocycles. The van der Waals surface area contributed by atoms with Gasteiger partial charge in [-0.1, -0.05) is 18.2 Å². The first-order valence-corrected chi connectivity index (χ1v) is 11.7. The lowest BCUT2D eigenvalue weighted by molar-refractivity contribution is -0.144. The Morgan fingerprint density at radius 3 is 2.91 bits per heavy atom. The molecule has 6 nitrogen and oxygen atoms in total. The Bertz CT molecular complexity index is 1290. The zero-order chi connectivity index (χ0) is 22.1. The summed E-state index contributed by atoms with van der Waals surface area (Å²) in [5.74, 6) is 1.67. The summed E-state index contributed by atoms with van der Waals surface area (Å²) >= 11 is 1.50. The number of thiazole rings is 1. The van der Waals surface area contributed by atoms with Gasteiger partial charge in [0.2, 0.25) is 0 Å². The number of fused-ring (bicyclic) bond motifs is 3. The molecule has 0 N–H and O–H groups in total. The monoisotopic (exact) mass is 447 g/mol. The van der Waals surface area contributed by atoms with E-state index in [4.69, 9.17) is 14.5 Å². The first kappa shape index (κ1) is 20.7. The maximum absolute atomic E-state index is 12.5. The fourth-order valence-corrected chi connectivity index (χ4v) is 5.26. The van der Waals surface area contributed by atoms with Gasteiger partial charge in [-0.2, -0.15) is 0 Å². The number of para-hydroxylation sites is 1. The van der Waals surface area contributed by atoms with Gasteiger partial charge in [0, 0.05) is 17.8 Å². The lowest BCUT2D eigenvalue weighted by Crippen LogP contribution is -2.10. The molecule has 2 aromatic heterocycles. The van der Waals surface area contributed by atoms with E-state index in [1.165, 1.54) is 29.7 Å². The van der Waals surface area contributed by atoms with Crippen molar-refractivity contribution in [2.45, 2.75) is 45.8 Å². The minimum absolute atomic E-state index is 0.208. The maximum atomic E-state index is 12.5. The van der Waals surface area contributed by atoms with Crippen LogP contribution in [0.4, 0.5) is 0 Å². The Morgan fingerprint density at radius 1 is 1.16 bits per heavy atom. The summed E-state index contributed by atoms with van der Waals surface area (Å²) < 4.78 is 13.3. The van der Waals surface area contributed by atoms with Crippen molar-refractivity contribution in [1.29, 1.82) is 0 Å². The average Bonchev–Trinajstić information content (AvgIpc) is 3.37. The number of rotatable bonds is 6. The lowest BCUT2D eigenvalue weighted by atomic mass is 10.1. The van der Waals surface area contributed by atoms with Crippen LogP contribution in [0.3, 0.4) is 0 Å². The quantitative estimate of drug-likeness (QED) is 0.385. The highest BCUT2D eigenvalue weighted by Gasteiger charge is 2.17. The second kappa shape index (κ2) is 8.74. The normalized spacial score (nSPS) is 13.2. The smallest absolute Gasteiger partial charge is 0.311 e. The van der Waals surface area contributed by atoms with Crippen molar-refractivity contribution in [1.82, 2.24) is 14.5 Å². The van der Waals surface area contributed by atoms with Gasteiger partial charge >= 0.3 is 5.97 Å². The molecule has 3 heterocycles. The van der Waals surface area contributed by atoms with E-state index in [9.17, 15) is 4.79 Å². The summed E-state index contributed by atoms with van der Waals surface area (Å²) in [6, 6.07) is 13.9. The van der Waals surface area contributed by atoms with E-state index in [0.29, 0.717) is 0 Å². The number of ether oxygens (including phenoxy) is 2. The van der Waals surface area contributed by atoms with Gasteiger partial charge in [0.1, 0.15) is 23.2 Å². The zero-order valence-electron chi connectivity index (χ0n) is 18.3. The van der Waals surface area contributed by atoms with Crippen LogP contribution in [0, 0.1) is 6.92 Å². The topological polar surface area (TPSA) is 66.2 Å². The molecular formula is C25H25N3O3S. The number of carbonyl (C=O) groups is 1. The highest BCUT2D eigenvalue weighted by Crippen LogP contribution is 2.34. The highest BCUT2D eigenvalue weighted by atomic mass is 32.1. The minimum atomic E-state index is -0.257. The molecule has 0 spiro atoms. The first-order valence-electron chi connectivity index (χ1n) is 10.9. The summed E-state index contributed by atoms with van der Waals surface area (Å²) in [5.41, 5.74) is 4.88. The van der Waals surface area contributed by atoms with Crippen LogP contribution in [0.25, 0.3) is 21.6 Å². The number of carbonyl (C=O) groups excluding carboxylic acids is 1. The molecule has 0 amide bonds. The van der Waals surface area contributed by atoms with Crippen molar-refractivity contribution in [3.05, 3.63) is 64.4 Å². The summed E-state index contributed by atoms with van der Waals surface area (Å²) in [7, 11) is 1.65. The molecule has 0 atom stereocenters. The Kier molecular flexibility index (Phi) is 5.66. The minimum Gasteiger partial charge on any atom is -0.496 e. The number of imidazole rings is 1. The second-order valence-electron chi connectivity index (χ2n) is 8.03. The molecule has 0 aliphatic carbocycles. The molecule has 2 aromatic carbocycles. The molecule has 0 saturated carbocycles. The number of methoxy groups -OCH3 is 1. The molecule has 1 aliphatic rings. The molecule has 0 radical (unpaired) electrons. The Balaban J connectivity index is 1.26. The maximum Gasteiger partial charge on any atom is 0.311 e. The molecule has 5 rings (SSSR count). The van der Waals surface area contributed by atoms with Gasteiger partial charge in [-0.15, -0.1) is 11.3 Å². The SMILES string of the molecule is COc1ccccc1-c1nc(C)c(CC(=O)OCc2ccc3c(c2)nc2n3CCCC2)s1. The van der Waals surface area contributed by atoms with Crippen LogP contribution >= 0.6 is 11.3 Å². The summed E-state index contributed by atoms with van der Waals surface area (Å²) in [4.78, 5) is 22.9. The highest BCUT2D eigenvalue weighted by molar-refractivity contribution is 7.15. The Morgan fingerprint density at radius 2 is 2.03 bits per heavy atom. The largest absolute Gasteiger partial charge is 0.496 e. The van der Waals surface area contributed by atoms with Gasteiger partial charge in [-0.25, -0.2) is 9.97 Å². The van der Waals surface area contributed by atoms with Crippen LogP contribution in [0.5, 0.6) is 5.75 Å². The number of aryl methyl sites for hydroxylation is 3. The van der Waals surface area contributed by atoms with Gasteiger partial charge in [0.15, 0.2) is 0 Å². The first-order chi connectivity index (χ1) is 15.6. The van der Waals surface area contributed by atoms with Crippen molar-refractivity contribution in [3.8, 4) is 16.3 Å². The predicted octanol–water partition coefficient (Wildman–Crippen LogP) is 5.10. The average molecular weight is 448 g/mol. The number of aromatic nitrogens is 3. The van der Waals surface area contributed by atoms with E-state index in [1.54, 1.807) is 7.11 Å². The van der Waals surface area contributed by atoms with E-state index in [0.717, 1.165) is 56.8 Å². The molecule has 0 bridgehead atoms. The van der Waals surface area contributed by atoms with E-state index in [-0.39, 0.29) is 19.0 Å². The van der Waals surface area contributed by atoms with Crippen LogP contribution in [0.15, 0.2) is 42.5 Å². The van der Waals surface area contributed by atoms with Gasteiger partial charge in [-0.3, -0.25) is 4.79 Å². The van der Waals surface area contributed by atoms with E-state index in [2.05, 4.69) is 15.6 Å². The Hall–Kier alpha value is -3.19. The predicted molar refractivity (Wildman–Crippen MR) is 125 cm³/mol. The van der Waals surface area contributed by atoms with E-state index < -0.39 is 0 Å². The second-order valence-corrected chi connectivity index (χ2v) is 9.11. The fraction of sp³-hybridized carbons (Fsp3) is 0.320. The van der Waals surface area contributed by atoms with Gasteiger partial charge < -0.3 is 14.0 Å². The molecule has 7 heteroatoms. The molecule has 0 unspecified atom stereocenters. The fourth-order valence-electron chi connectivity index (χ4n) is 4.18. The number of nitrogens with zero attached hydrogens (tertiary/aromatic N) is 3. The van der Waals surface area contributed by atoms with Crippen molar-refractivity contribution < 1.29 is 14.3 Å². The van der Waals surface area contributed by atoms with Gasteiger partial charge in [0.25, 0.3) is 0 Å². The van der Waals surface area contributed by atoms with Crippen LogP contribution in [0.2, 0.25) is 0 Å².